The summed E-state index contributed by atoms with van der Waals surface area (Å²) in [5, 5.41) is 3.72. The molecule has 1 saturated heterocycles. The lowest BCUT2D eigenvalue weighted by molar-refractivity contribution is -0.122. The van der Waals surface area contributed by atoms with Gasteiger partial charge in [-0.05, 0) is 24.6 Å². The average molecular weight is 345 g/mol. The zero-order valence-corrected chi connectivity index (χ0v) is 14.5. The molecule has 0 aliphatic carbocycles. The Hall–Kier alpha value is -3.34. The number of aromatic nitrogens is 1. The van der Waals surface area contributed by atoms with E-state index in [1.165, 1.54) is 10.5 Å². The molecule has 5 heteroatoms. The fourth-order valence-electron chi connectivity index (χ4n) is 3.32. The lowest BCUT2D eigenvalue weighted by Gasteiger charge is -2.05. The summed E-state index contributed by atoms with van der Waals surface area (Å²) in [5.74, 6) is -0.280. The second kappa shape index (κ2) is 6.52. The van der Waals surface area contributed by atoms with Crippen LogP contribution in [0.1, 0.15) is 18.1 Å². The number of hydrogen-bond donors (Lipinski definition) is 1. The van der Waals surface area contributed by atoms with Gasteiger partial charge in [0.2, 0.25) is 0 Å². The summed E-state index contributed by atoms with van der Waals surface area (Å²) in [7, 11) is 0. The molecule has 0 radical (unpaired) electrons. The van der Waals surface area contributed by atoms with Crippen LogP contribution in [-0.2, 0) is 11.3 Å². The standard InChI is InChI=1S/C21H19N3O2/c1-2-24-20(25)18(22-21(24)26)12-16-14-23(13-15-8-4-3-5-9-15)19-11-7-6-10-17(16)19/h3-12,14H,2,13H2,1H3,(H,22,26)/b18-12+. The van der Waals surface area contributed by atoms with Crippen LogP contribution in [0.2, 0.25) is 0 Å². The molecule has 1 fully saturated rings. The predicted octanol–water partition coefficient (Wildman–Crippen LogP) is 3.60. The van der Waals surface area contributed by atoms with Gasteiger partial charge in [-0.3, -0.25) is 9.69 Å². The van der Waals surface area contributed by atoms with E-state index in [1.54, 1.807) is 13.0 Å². The highest BCUT2D eigenvalue weighted by Crippen LogP contribution is 2.25. The first-order chi connectivity index (χ1) is 12.7. The van der Waals surface area contributed by atoms with Crippen molar-refractivity contribution in [3.05, 3.63) is 77.6 Å². The van der Waals surface area contributed by atoms with Gasteiger partial charge in [0.15, 0.2) is 0 Å². The van der Waals surface area contributed by atoms with Crippen molar-refractivity contribution in [1.82, 2.24) is 14.8 Å². The highest BCUT2D eigenvalue weighted by Gasteiger charge is 2.32. The molecule has 4 rings (SSSR count). The van der Waals surface area contributed by atoms with Crippen molar-refractivity contribution in [1.29, 1.82) is 0 Å². The van der Waals surface area contributed by atoms with Crippen LogP contribution >= 0.6 is 0 Å². The largest absolute Gasteiger partial charge is 0.342 e. The molecule has 0 saturated carbocycles. The van der Waals surface area contributed by atoms with Gasteiger partial charge in [0, 0.05) is 35.8 Å². The highest BCUT2D eigenvalue weighted by molar-refractivity contribution is 6.14. The van der Waals surface area contributed by atoms with E-state index in [0.717, 1.165) is 23.0 Å². The Labute approximate surface area is 151 Å². The molecule has 1 aliphatic heterocycles. The number of fused-ring (bicyclic) bond motifs is 1. The van der Waals surface area contributed by atoms with Crippen molar-refractivity contribution in [2.75, 3.05) is 6.54 Å². The molecule has 1 aromatic heterocycles. The van der Waals surface area contributed by atoms with Crippen molar-refractivity contribution in [3.63, 3.8) is 0 Å². The molecule has 1 N–H and O–H groups in total. The number of nitrogens with zero attached hydrogens (tertiary/aromatic N) is 2. The van der Waals surface area contributed by atoms with Crippen LogP contribution in [0.3, 0.4) is 0 Å². The zero-order chi connectivity index (χ0) is 18.1. The maximum absolute atomic E-state index is 12.4. The molecule has 0 atom stereocenters. The third kappa shape index (κ3) is 2.77. The topological polar surface area (TPSA) is 54.3 Å². The molecule has 0 unspecified atom stereocenters. The Morgan fingerprint density at radius 3 is 2.46 bits per heavy atom. The van der Waals surface area contributed by atoms with Gasteiger partial charge in [-0.1, -0.05) is 48.5 Å². The van der Waals surface area contributed by atoms with Crippen molar-refractivity contribution in [2.45, 2.75) is 13.5 Å². The minimum Gasteiger partial charge on any atom is -0.342 e. The lowest BCUT2D eigenvalue weighted by Crippen LogP contribution is -2.30. The van der Waals surface area contributed by atoms with E-state index in [4.69, 9.17) is 0 Å². The number of amides is 3. The number of carbonyl (C=O) groups excluding carboxylic acids is 2. The quantitative estimate of drug-likeness (QED) is 0.580. The van der Waals surface area contributed by atoms with Crippen LogP contribution in [-0.4, -0.2) is 28.0 Å². The van der Waals surface area contributed by atoms with Crippen LogP contribution in [0, 0.1) is 0 Å². The van der Waals surface area contributed by atoms with Crippen LogP contribution in [0.5, 0.6) is 0 Å². The first-order valence-corrected chi connectivity index (χ1v) is 8.63. The van der Waals surface area contributed by atoms with E-state index in [9.17, 15) is 9.59 Å². The maximum atomic E-state index is 12.4. The Kier molecular flexibility index (Phi) is 4.05. The van der Waals surface area contributed by atoms with E-state index < -0.39 is 0 Å². The van der Waals surface area contributed by atoms with E-state index in [-0.39, 0.29) is 11.9 Å². The number of para-hydroxylation sites is 1. The van der Waals surface area contributed by atoms with Gasteiger partial charge in [-0.15, -0.1) is 0 Å². The van der Waals surface area contributed by atoms with Gasteiger partial charge < -0.3 is 9.88 Å². The van der Waals surface area contributed by atoms with Crippen molar-refractivity contribution >= 4 is 28.9 Å². The fraction of sp³-hybridized carbons (Fsp3) is 0.143. The van der Waals surface area contributed by atoms with Gasteiger partial charge >= 0.3 is 6.03 Å². The fourth-order valence-corrected chi connectivity index (χ4v) is 3.32. The Balaban J connectivity index is 1.76. The number of hydrogen-bond acceptors (Lipinski definition) is 2. The van der Waals surface area contributed by atoms with Crippen LogP contribution in [0.25, 0.3) is 17.0 Å². The van der Waals surface area contributed by atoms with Crippen molar-refractivity contribution < 1.29 is 9.59 Å². The molecule has 5 nitrogen and oxygen atoms in total. The number of benzene rings is 2. The smallest absolute Gasteiger partial charge is 0.328 e. The number of urea groups is 1. The highest BCUT2D eigenvalue weighted by atomic mass is 16.2. The van der Waals surface area contributed by atoms with Gasteiger partial charge in [-0.2, -0.15) is 0 Å². The summed E-state index contributed by atoms with van der Waals surface area (Å²) >= 11 is 0. The SMILES string of the molecule is CCN1C(=O)N/C(=C/c2cn(Cc3ccccc3)c3ccccc23)C1=O. The third-order valence-corrected chi connectivity index (χ3v) is 4.59. The lowest BCUT2D eigenvalue weighted by atomic mass is 10.1. The molecule has 3 amide bonds. The van der Waals surface area contributed by atoms with E-state index >= 15 is 0 Å². The molecule has 130 valence electrons. The van der Waals surface area contributed by atoms with E-state index in [1.807, 2.05) is 42.6 Å². The molecule has 2 heterocycles. The van der Waals surface area contributed by atoms with Gasteiger partial charge in [0.05, 0.1) is 0 Å². The van der Waals surface area contributed by atoms with E-state index in [0.29, 0.717) is 12.2 Å². The summed E-state index contributed by atoms with van der Waals surface area (Å²) in [5.41, 5.74) is 3.53. The molecule has 0 bridgehead atoms. The summed E-state index contributed by atoms with van der Waals surface area (Å²) < 4.78 is 2.16. The summed E-state index contributed by atoms with van der Waals surface area (Å²) in [4.78, 5) is 25.4. The van der Waals surface area contributed by atoms with Crippen molar-refractivity contribution in [2.24, 2.45) is 0 Å². The molecular formula is C21H19N3O2. The zero-order valence-electron chi connectivity index (χ0n) is 14.5. The summed E-state index contributed by atoms with van der Waals surface area (Å²) in [6.07, 6.45) is 3.79. The number of carbonyl (C=O) groups is 2. The molecule has 1 aliphatic rings. The Bertz CT molecular complexity index is 1020. The van der Waals surface area contributed by atoms with Gasteiger partial charge in [-0.25, -0.2) is 4.79 Å². The third-order valence-electron chi connectivity index (χ3n) is 4.59. The second-order valence-corrected chi connectivity index (χ2v) is 6.25. The molecule has 2 aromatic carbocycles. The Morgan fingerprint density at radius 1 is 1.00 bits per heavy atom. The minimum absolute atomic E-state index is 0.280. The Morgan fingerprint density at radius 2 is 1.73 bits per heavy atom. The van der Waals surface area contributed by atoms with Crippen LogP contribution < -0.4 is 5.32 Å². The van der Waals surface area contributed by atoms with Crippen molar-refractivity contribution in [3.8, 4) is 0 Å². The first-order valence-electron chi connectivity index (χ1n) is 8.63. The molecule has 3 aromatic rings. The second-order valence-electron chi connectivity index (χ2n) is 6.25. The average Bonchev–Trinajstić information content (AvgIpc) is 3.13. The minimum atomic E-state index is -0.364. The number of imide groups is 1. The molecule has 26 heavy (non-hydrogen) atoms. The van der Waals surface area contributed by atoms with Gasteiger partial charge in [0.1, 0.15) is 5.70 Å². The monoisotopic (exact) mass is 345 g/mol. The van der Waals surface area contributed by atoms with Crippen LogP contribution in [0.4, 0.5) is 4.79 Å². The molecule has 0 spiro atoms. The van der Waals surface area contributed by atoms with E-state index in [2.05, 4.69) is 28.1 Å². The maximum Gasteiger partial charge on any atom is 0.328 e. The normalized spacial score (nSPS) is 15.9. The van der Waals surface area contributed by atoms with Gasteiger partial charge in [0.25, 0.3) is 5.91 Å². The summed E-state index contributed by atoms with van der Waals surface area (Å²) in [6, 6.07) is 17.9. The number of nitrogens with one attached hydrogen (secondary N) is 1. The number of rotatable bonds is 4. The number of likely N-dealkylation sites (N-methyl/N-ethyl adjacent to an activating group) is 1. The van der Waals surface area contributed by atoms with Crippen LogP contribution in [0.15, 0.2) is 66.5 Å². The molecular weight excluding hydrogens is 326 g/mol. The summed E-state index contributed by atoms with van der Waals surface area (Å²) in [6.45, 7) is 2.88. The first kappa shape index (κ1) is 16.1. The predicted molar refractivity (Wildman–Crippen MR) is 101 cm³/mol.